The van der Waals surface area contributed by atoms with Crippen LogP contribution in [0.1, 0.15) is 13.8 Å². The van der Waals surface area contributed by atoms with E-state index in [4.69, 9.17) is 5.11 Å². The third kappa shape index (κ3) is 3.91. The van der Waals surface area contributed by atoms with Crippen molar-refractivity contribution in [1.82, 2.24) is 24.5 Å². The minimum atomic E-state index is 0.159. The molecule has 2 N–H and O–H groups in total. The van der Waals surface area contributed by atoms with Gasteiger partial charge in [0.15, 0.2) is 5.16 Å². The summed E-state index contributed by atoms with van der Waals surface area (Å²) in [6, 6.07) is 0. The van der Waals surface area contributed by atoms with Crippen molar-refractivity contribution in [2.24, 2.45) is 5.92 Å². The van der Waals surface area contributed by atoms with Gasteiger partial charge in [-0.05, 0) is 12.8 Å². The van der Waals surface area contributed by atoms with Crippen LogP contribution in [-0.4, -0.2) is 48.5 Å². The monoisotopic (exact) mass is 294 g/mol. The first-order valence-corrected chi connectivity index (χ1v) is 7.43. The lowest BCUT2D eigenvalue weighted by molar-refractivity contribution is 0.250. The van der Waals surface area contributed by atoms with Crippen LogP contribution in [0.25, 0.3) is 5.95 Å². The van der Waals surface area contributed by atoms with Gasteiger partial charge in [0.2, 0.25) is 11.9 Å². The van der Waals surface area contributed by atoms with Gasteiger partial charge in [-0.15, -0.1) is 0 Å². The van der Waals surface area contributed by atoms with Crippen molar-refractivity contribution in [3.63, 3.8) is 0 Å². The summed E-state index contributed by atoms with van der Waals surface area (Å²) < 4.78 is 1.74. The Morgan fingerprint density at radius 1 is 1.40 bits per heavy atom. The molecule has 0 aliphatic heterocycles. The van der Waals surface area contributed by atoms with E-state index in [1.165, 1.54) is 11.8 Å². The van der Waals surface area contributed by atoms with Crippen LogP contribution in [0.15, 0.2) is 23.9 Å². The first-order chi connectivity index (χ1) is 9.72. The average molecular weight is 294 g/mol. The molecule has 7 nitrogen and oxygen atoms in total. The zero-order valence-electron chi connectivity index (χ0n) is 11.5. The molecule has 1 atom stereocenters. The molecular weight excluding hydrogens is 276 g/mol. The van der Waals surface area contributed by atoms with Crippen LogP contribution in [0.2, 0.25) is 0 Å². The molecule has 0 fully saturated rings. The number of imidazole rings is 1. The summed E-state index contributed by atoms with van der Waals surface area (Å²) in [4.78, 5) is 17.1. The van der Waals surface area contributed by atoms with Gasteiger partial charge in [-0.25, -0.2) is 4.98 Å². The highest BCUT2D eigenvalue weighted by Gasteiger charge is 2.09. The third-order valence-electron chi connectivity index (χ3n) is 2.48. The second-order valence-corrected chi connectivity index (χ2v) is 5.33. The van der Waals surface area contributed by atoms with E-state index in [0.717, 1.165) is 12.3 Å². The second kappa shape index (κ2) is 7.20. The van der Waals surface area contributed by atoms with Gasteiger partial charge in [0.25, 0.3) is 0 Å². The predicted octanol–water partition coefficient (Wildman–Crippen LogP) is 1.21. The van der Waals surface area contributed by atoms with E-state index in [1.54, 1.807) is 23.3 Å². The highest BCUT2D eigenvalue weighted by molar-refractivity contribution is 7.99. The molecule has 0 aromatic carbocycles. The van der Waals surface area contributed by atoms with E-state index in [9.17, 15) is 0 Å². The van der Waals surface area contributed by atoms with Crippen molar-refractivity contribution in [2.45, 2.75) is 19.0 Å². The highest BCUT2D eigenvalue weighted by atomic mass is 32.2. The van der Waals surface area contributed by atoms with Gasteiger partial charge in [0.05, 0.1) is 0 Å². The number of aromatic nitrogens is 5. The molecule has 1 unspecified atom stereocenters. The number of aliphatic hydroxyl groups is 1. The number of aliphatic hydroxyl groups excluding tert-OH is 1. The van der Waals surface area contributed by atoms with E-state index in [1.807, 2.05) is 13.8 Å². The summed E-state index contributed by atoms with van der Waals surface area (Å²) in [6.07, 6.45) is 5.11. The van der Waals surface area contributed by atoms with E-state index in [0.29, 0.717) is 17.1 Å². The molecule has 2 heterocycles. The number of anilines is 1. The molecule has 0 saturated heterocycles. The lowest BCUT2D eigenvalue weighted by Gasteiger charge is -2.09. The SMILES string of the molecule is CCNc1nc(SCC(C)CO)nc(-n2ccnc2)n1. The molecule has 0 aliphatic rings. The topological polar surface area (TPSA) is 88.8 Å². The van der Waals surface area contributed by atoms with Gasteiger partial charge >= 0.3 is 0 Å². The van der Waals surface area contributed by atoms with Gasteiger partial charge in [-0.2, -0.15) is 15.0 Å². The maximum absolute atomic E-state index is 9.07. The molecule has 0 amide bonds. The van der Waals surface area contributed by atoms with E-state index >= 15 is 0 Å². The first-order valence-electron chi connectivity index (χ1n) is 6.44. The molecule has 2 aromatic rings. The maximum Gasteiger partial charge on any atom is 0.240 e. The van der Waals surface area contributed by atoms with Gasteiger partial charge in [0.1, 0.15) is 6.33 Å². The lowest BCUT2D eigenvalue weighted by atomic mass is 10.2. The normalized spacial score (nSPS) is 12.3. The van der Waals surface area contributed by atoms with Crippen molar-refractivity contribution in [3.8, 4) is 5.95 Å². The van der Waals surface area contributed by atoms with Gasteiger partial charge in [-0.3, -0.25) is 4.57 Å². The number of hydrogen-bond acceptors (Lipinski definition) is 7. The molecule has 0 radical (unpaired) electrons. The van der Waals surface area contributed by atoms with E-state index < -0.39 is 0 Å². The predicted molar refractivity (Wildman–Crippen MR) is 78.1 cm³/mol. The van der Waals surface area contributed by atoms with Gasteiger partial charge in [-0.1, -0.05) is 18.7 Å². The maximum atomic E-state index is 9.07. The standard InChI is InChI=1S/C12H18N6OS/c1-3-14-10-15-11(18-5-4-13-8-18)17-12(16-10)20-7-9(2)6-19/h4-5,8-9,19H,3,6-7H2,1-2H3,(H,14,15,16,17). The summed E-state index contributed by atoms with van der Waals surface area (Å²) in [5, 5.41) is 12.8. The fraction of sp³-hybridized carbons (Fsp3) is 0.500. The molecule has 2 aromatic heterocycles. The van der Waals surface area contributed by atoms with Crippen molar-refractivity contribution >= 4 is 17.7 Å². The molecule has 8 heteroatoms. The molecule has 108 valence electrons. The Morgan fingerprint density at radius 2 is 2.25 bits per heavy atom. The largest absolute Gasteiger partial charge is 0.396 e. The zero-order chi connectivity index (χ0) is 14.4. The number of thioether (sulfide) groups is 1. The number of hydrogen-bond donors (Lipinski definition) is 2. The van der Waals surface area contributed by atoms with Crippen LogP contribution in [-0.2, 0) is 0 Å². The molecular formula is C12H18N6OS. The highest BCUT2D eigenvalue weighted by Crippen LogP contribution is 2.18. The van der Waals surface area contributed by atoms with E-state index in [-0.39, 0.29) is 12.5 Å². The Bertz CT molecular complexity index is 533. The minimum absolute atomic E-state index is 0.159. The Balaban J connectivity index is 2.22. The smallest absolute Gasteiger partial charge is 0.240 e. The van der Waals surface area contributed by atoms with Crippen molar-refractivity contribution in [2.75, 3.05) is 24.2 Å². The fourth-order valence-electron chi connectivity index (χ4n) is 1.41. The molecule has 0 bridgehead atoms. The molecule has 0 spiro atoms. The Hall–Kier alpha value is -1.67. The summed E-state index contributed by atoms with van der Waals surface area (Å²) in [6.45, 7) is 4.87. The number of nitrogens with zero attached hydrogens (tertiary/aromatic N) is 5. The van der Waals surface area contributed by atoms with Crippen LogP contribution < -0.4 is 5.32 Å². The number of rotatable bonds is 7. The summed E-state index contributed by atoms with van der Waals surface area (Å²) >= 11 is 1.51. The van der Waals surface area contributed by atoms with Crippen molar-refractivity contribution < 1.29 is 5.11 Å². The Labute approximate surface area is 121 Å². The molecule has 0 aliphatic carbocycles. The molecule has 0 saturated carbocycles. The lowest BCUT2D eigenvalue weighted by Crippen LogP contribution is -2.10. The van der Waals surface area contributed by atoms with Crippen LogP contribution in [0.4, 0.5) is 5.95 Å². The zero-order valence-corrected chi connectivity index (χ0v) is 12.3. The molecule has 2 rings (SSSR count). The summed E-state index contributed by atoms with van der Waals surface area (Å²) in [5.74, 6) is 2.05. The van der Waals surface area contributed by atoms with Gasteiger partial charge in [0, 0.05) is 31.3 Å². The van der Waals surface area contributed by atoms with Crippen LogP contribution >= 0.6 is 11.8 Å². The van der Waals surface area contributed by atoms with Crippen molar-refractivity contribution in [1.29, 1.82) is 0 Å². The van der Waals surface area contributed by atoms with Crippen LogP contribution in [0.5, 0.6) is 0 Å². The number of nitrogens with one attached hydrogen (secondary N) is 1. The average Bonchev–Trinajstić information content (AvgIpc) is 2.99. The summed E-state index contributed by atoms with van der Waals surface area (Å²) in [7, 11) is 0. The van der Waals surface area contributed by atoms with E-state index in [2.05, 4.69) is 25.3 Å². The first kappa shape index (κ1) is 14.7. The fourth-order valence-corrected chi connectivity index (χ4v) is 2.25. The van der Waals surface area contributed by atoms with Crippen LogP contribution in [0.3, 0.4) is 0 Å². The Morgan fingerprint density at radius 3 is 2.90 bits per heavy atom. The summed E-state index contributed by atoms with van der Waals surface area (Å²) in [5.41, 5.74) is 0. The third-order valence-corrected chi connectivity index (χ3v) is 3.66. The quantitative estimate of drug-likeness (QED) is 0.742. The second-order valence-electron chi connectivity index (χ2n) is 4.34. The van der Waals surface area contributed by atoms with Crippen molar-refractivity contribution in [3.05, 3.63) is 18.7 Å². The van der Waals surface area contributed by atoms with Crippen LogP contribution in [0, 0.1) is 5.92 Å². The minimum Gasteiger partial charge on any atom is -0.396 e. The van der Waals surface area contributed by atoms with Gasteiger partial charge < -0.3 is 10.4 Å². The Kier molecular flexibility index (Phi) is 5.31. The molecule has 20 heavy (non-hydrogen) atoms.